The average molecular weight is 318 g/mol. The van der Waals surface area contributed by atoms with Gasteiger partial charge in [-0.15, -0.1) is 0 Å². The molecule has 0 radical (unpaired) electrons. The lowest BCUT2D eigenvalue weighted by Gasteiger charge is -2.05. The highest BCUT2D eigenvalue weighted by Crippen LogP contribution is 2.16. The van der Waals surface area contributed by atoms with Gasteiger partial charge in [-0.3, -0.25) is 0 Å². The van der Waals surface area contributed by atoms with E-state index in [9.17, 15) is 0 Å². The van der Waals surface area contributed by atoms with E-state index in [0.717, 1.165) is 22.3 Å². The Labute approximate surface area is 141 Å². The number of hydrogen-bond donors (Lipinski definition) is 1. The molecule has 0 aliphatic rings. The van der Waals surface area contributed by atoms with E-state index < -0.39 is 0 Å². The SMILES string of the molecule is COCc1ccccc1C#CCCNc1ncnc2ncccc12. The lowest BCUT2D eigenvalue weighted by Crippen LogP contribution is -2.04. The summed E-state index contributed by atoms with van der Waals surface area (Å²) in [4.78, 5) is 12.6. The van der Waals surface area contributed by atoms with Crippen LogP contribution in [0.4, 0.5) is 5.82 Å². The first kappa shape index (κ1) is 15.9. The van der Waals surface area contributed by atoms with E-state index in [1.807, 2.05) is 36.4 Å². The minimum atomic E-state index is 0.572. The normalized spacial score (nSPS) is 10.2. The summed E-state index contributed by atoms with van der Waals surface area (Å²) in [7, 11) is 1.69. The standard InChI is InChI=1S/C19H18N4O/c1-24-13-16-9-3-2-7-15(16)8-4-5-11-20-18-17-10-6-12-21-19(17)23-14-22-18/h2-3,6-7,9-10,12,14H,5,11,13H2,1H3,(H,20,21,22,23). The van der Waals surface area contributed by atoms with Crippen LogP contribution in [0.25, 0.3) is 11.0 Å². The van der Waals surface area contributed by atoms with Gasteiger partial charge in [-0.2, -0.15) is 0 Å². The number of aromatic nitrogens is 3. The quantitative estimate of drug-likeness (QED) is 0.579. The van der Waals surface area contributed by atoms with Crippen LogP contribution in [0.2, 0.25) is 0 Å². The van der Waals surface area contributed by atoms with Gasteiger partial charge >= 0.3 is 0 Å². The number of hydrogen-bond acceptors (Lipinski definition) is 5. The second-order valence-electron chi connectivity index (χ2n) is 5.17. The molecule has 24 heavy (non-hydrogen) atoms. The van der Waals surface area contributed by atoms with Crippen LogP contribution < -0.4 is 5.32 Å². The van der Waals surface area contributed by atoms with Gasteiger partial charge < -0.3 is 10.1 Å². The molecule has 2 aromatic heterocycles. The van der Waals surface area contributed by atoms with Crippen molar-refractivity contribution in [1.29, 1.82) is 0 Å². The number of fused-ring (bicyclic) bond motifs is 1. The van der Waals surface area contributed by atoms with Gasteiger partial charge in [0.25, 0.3) is 0 Å². The molecule has 1 aromatic carbocycles. The number of methoxy groups -OCH3 is 1. The monoisotopic (exact) mass is 318 g/mol. The molecule has 0 fully saturated rings. The second kappa shape index (κ2) is 8.04. The Kier molecular flexibility index (Phi) is 5.33. The number of benzene rings is 1. The van der Waals surface area contributed by atoms with Gasteiger partial charge in [-0.05, 0) is 23.8 Å². The number of nitrogens with one attached hydrogen (secondary N) is 1. The van der Waals surface area contributed by atoms with E-state index in [1.54, 1.807) is 13.3 Å². The van der Waals surface area contributed by atoms with Gasteiger partial charge in [0.1, 0.15) is 12.1 Å². The summed E-state index contributed by atoms with van der Waals surface area (Å²) in [6, 6.07) is 11.9. The van der Waals surface area contributed by atoms with Gasteiger partial charge in [0.15, 0.2) is 5.65 Å². The van der Waals surface area contributed by atoms with Crippen LogP contribution in [-0.4, -0.2) is 28.6 Å². The van der Waals surface area contributed by atoms with Crippen molar-refractivity contribution in [2.24, 2.45) is 0 Å². The maximum absolute atomic E-state index is 5.19. The zero-order valence-corrected chi connectivity index (χ0v) is 13.5. The molecule has 0 spiro atoms. The maximum atomic E-state index is 5.19. The number of nitrogens with zero attached hydrogens (tertiary/aromatic N) is 3. The van der Waals surface area contributed by atoms with Gasteiger partial charge in [-0.25, -0.2) is 15.0 Å². The van der Waals surface area contributed by atoms with E-state index in [2.05, 4.69) is 32.1 Å². The predicted molar refractivity (Wildman–Crippen MR) is 94.5 cm³/mol. The van der Waals surface area contributed by atoms with Gasteiger partial charge in [-0.1, -0.05) is 30.0 Å². The molecule has 0 saturated carbocycles. The molecular weight excluding hydrogens is 300 g/mol. The molecule has 3 aromatic rings. The molecule has 0 atom stereocenters. The van der Waals surface area contributed by atoms with Crippen molar-refractivity contribution < 1.29 is 4.74 Å². The molecule has 5 nitrogen and oxygen atoms in total. The van der Waals surface area contributed by atoms with Gasteiger partial charge in [0.2, 0.25) is 0 Å². The summed E-state index contributed by atoms with van der Waals surface area (Å²) in [5, 5.41) is 4.21. The third-order valence-electron chi connectivity index (χ3n) is 3.49. The number of ether oxygens (including phenoxy) is 1. The molecule has 0 bridgehead atoms. The molecule has 0 aliphatic heterocycles. The molecule has 5 heteroatoms. The topological polar surface area (TPSA) is 59.9 Å². The molecule has 1 N–H and O–H groups in total. The van der Waals surface area contributed by atoms with Crippen molar-refractivity contribution in [2.45, 2.75) is 13.0 Å². The predicted octanol–water partition coefficient (Wildman–Crippen LogP) is 3.02. The van der Waals surface area contributed by atoms with E-state index in [1.165, 1.54) is 6.33 Å². The van der Waals surface area contributed by atoms with Crippen LogP contribution in [-0.2, 0) is 11.3 Å². The van der Waals surface area contributed by atoms with Crippen LogP contribution in [0.15, 0.2) is 48.9 Å². The fourth-order valence-corrected chi connectivity index (χ4v) is 2.36. The zero-order valence-electron chi connectivity index (χ0n) is 13.5. The summed E-state index contributed by atoms with van der Waals surface area (Å²) in [5.41, 5.74) is 2.80. The van der Waals surface area contributed by atoms with Gasteiger partial charge in [0, 0.05) is 31.8 Å². The van der Waals surface area contributed by atoms with Crippen molar-refractivity contribution in [1.82, 2.24) is 15.0 Å². The minimum Gasteiger partial charge on any atom is -0.380 e. The fraction of sp³-hybridized carbons (Fsp3) is 0.211. The Hall–Kier alpha value is -2.97. The number of pyridine rings is 1. The summed E-state index contributed by atoms with van der Waals surface area (Å²) < 4.78 is 5.19. The van der Waals surface area contributed by atoms with Crippen LogP contribution in [0, 0.1) is 11.8 Å². The summed E-state index contributed by atoms with van der Waals surface area (Å²) in [6.45, 7) is 1.28. The third-order valence-corrected chi connectivity index (χ3v) is 3.49. The summed E-state index contributed by atoms with van der Waals surface area (Å²) in [6.07, 6.45) is 3.96. The minimum absolute atomic E-state index is 0.572. The molecular formula is C19H18N4O. The largest absolute Gasteiger partial charge is 0.380 e. The first-order valence-electron chi connectivity index (χ1n) is 7.74. The van der Waals surface area contributed by atoms with Crippen LogP contribution >= 0.6 is 0 Å². The van der Waals surface area contributed by atoms with E-state index in [-0.39, 0.29) is 0 Å². The van der Waals surface area contributed by atoms with Crippen LogP contribution in [0.3, 0.4) is 0 Å². The Morgan fingerprint density at radius 1 is 1.08 bits per heavy atom. The van der Waals surface area contributed by atoms with Crippen LogP contribution in [0.1, 0.15) is 17.5 Å². The molecule has 2 heterocycles. The van der Waals surface area contributed by atoms with Crippen molar-refractivity contribution >= 4 is 16.9 Å². The molecule has 120 valence electrons. The van der Waals surface area contributed by atoms with E-state index >= 15 is 0 Å². The van der Waals surface area contributed by atoms with E-state index in [4.69, 9.17) is 4.74 Å². The van der Waals surface area contributed by atoms with Crippen molar-refractivity contribution in [3.8, 4) is 11.8 Å². The number of rotatable bonds is 5. The summed E-state index contributed by atoms with van der Waals surface area (Å²) >= 11 is 0. The second-order valence-corrected chi connectivity index (χ2v) is 5.17. The summed E-state index contributed by atoms with van der Waals surface area (Å²) in [5.74, 6) is 7.18. The van der Waals surface area contributed by atoms with Crippen molar-refractivity contribution in [3.63, 3.8) is 0 Å². The third kappa shape index (κ3) is 3.86. The van der Waals surface area contributed by atoms with Gasteiger partial charge in [0.05, 0.1) is 12.0 Å². The number of anilines is 1. The van der Waals surface area contributed by atoms with E-state index in [0.29, 0.717) is 25.2 Å². The molecule has 0 saturated heterocycles. The van der Waals surface area contributed by atoms with Crippen LogP contribution in [0.5, 0.6) is 0 Å². The highest BCUT2D eigenvalue weighted by Gasteiger charge is 2.02. The van der Waals surface area contributed by atoms with Crippen molar-refractivity contribution in [3.05, 3.63) is 60.0 Å². The van der Waals surface area contributed by atoms with Crippen molar-refractivity contribution in [2.75, 3.05) is 19.0 Å². The first-order valence-corrected chi connectivity index (χ1v) is 7.74. The lowest BCUT2D eigenvalue weighted by atomic mass is 10.1. The zero-order chi connectivity index (χ0) is 16.6. The molecule has 0 amide bonds. The average Bonchev–Trinajstić information content (AvgIpc) is 2.63. The highest BCUT2D eigenvalue weighted by atomic mass is 16.5. The first-order chi connectivity index (χ1) is 11.9. The Morgan fingerprint density at radius 2 is 2.00 bits per heavy atom. The fourth-order valence-electron chi connectivity index (χ4n) is 2.36. The maximum Gasteiger partial charge on any atom is 0.164 e. The highest BCUT2D eigenvalue weighted by molar-refractivity contribution is 5.85. The Morgan fingerprint density at radius 3 is 2.92 bits per heavy atom. The molecule has 0 aliphatic carbocycles. The molecule has 0 unspecified atom stereocenters. The molecule has 3 rings (SSSR count). The smallest absolute Gasteiger partial charge is 0.164 e. The Bertz CT molecular complexity index is 878. The lowest BCUT2D eigenvalue weighted by molar-refractivity contribution is 0.184. The Balaban J connectivity index is 1.62.